The average molecular weight is 169 g/mol. The van der Waals surface area contributed by atoms with Crippen LogP contribution in [0.3, 0.4) is 0 Å². The van der Waals surface area contributed by atoms with E-state index in [4.69, 9.17) is 0 Å². The van der Waals surface area contributed by atoms with Gasteiger partial charge in [-0.1, -0.05) is 12.8 Å². The highest BCUT2D eigenvalue weighted by Gasteiger charge is 2.27. The molecule has 2 fully saturated rings. The number of aliphatic hydroxyl groups is 1. The lowest BCUT2D eigenvalue weighted by atomic mass is 10.1. The van der Waals surface area contributed by atoms with Crippen molar-refractivity contribution in [2.75, 3.05) is 0 Å². The molecule has 2 saturated carbocycles. The van der Waals surface area contributed by atoms with Gasteiger partial charge in [0.15, 0.2) is 0 Å². The highest BCUT2D eigenvalue weighted by molar-refractivity contribution is 4.86. The second-order valence-electron chi connectivity index (χ2n) is 4.25. The van der Waals surface area contributed by atoms with Gasteiger partial charge in [0.1, 0.15) is 0 Å². The van der Waals surface area contributed by atoms with E-state index >= 15 is 0 Å². The summed E-state index contributed by atoms with van der Waals surface area (Å²) in [7, 11) is 0. The maximum absolute atomic E-state index is 9.59. The highest BCUT2D eigenvalue weighted by Crippen LogP contribution is 2.23. The van der Waals surface area contributed by atoms with Gasteiger partial charge in [-0.15, -0.1) is 0 Å². The first-order valence-corrected chi connectivity index (χ1v) is 5.30. The monoisotopic (exact) mass is 169 g/mol. The minimum absolute atomic E-state index is 0.0643. The Hall–Kier alpha value is -0.0800. The molecule has 0 unspecified atom stereocenters. The summed E-state index contributed by atoms with van der Waals surface area (Å²) in [5.41, 5.74) is 0. The Kier molecular flexibility index (Phi) is 2.66. The van der Waals surface area contributed by atoms with Crippen molar-refractivity contribution in [1.29, 1.82) is 0 Å². The summed E-state index contributed by atoms with van der Waals surface area (Å²) < 4.78 is 0. The molecule has 0 aromatic heterocycles. The fourth-order valence-corrected chi connectivity index (χ4v) is 2.53. The molecule has 2 aliphatic rings. The number of hydrogen-bond donors (Lipinski definition) is 2. The van der Waals surface area contributed by atoms with Gasteiger partial charge in [-0.2, -0.15) is 0 Å². The summed E-state index contributed by atoms with van der Waals surface area (Å²) in [6.45, 7) is 0. The van der Waals surface area contributed by atoms with Crippen molar-refractivity contribution >= 4 is 0 Å². The smallest absolute Gasteiger partial charge is 0.0693 e. The van der Waals surface area contributed by atoms with Crippen molar-refractivity contribution in [2.45, 2.75) is 63.1 Å². The molecule has 0 aliphatic heterocycles. The van der Waals surface area contributed by atoms with Crippen LogP contribution in [0.25, 0.3) is 0 Å². The standard InChI is InChI=1S/C10H19NO/c12-10-7-3-6-9(10)11-8-4-1-2-5-8/h8-12H,1-7H2/t9-,10-/m0/s1. The van der Waals surface area contributed by atoms with Crippen molar-refractivity contribution in [3.05, 3.63) is 0 Å². The molecule has 0 radical (unpaired) electrons. The van der Waals surface area contributed by atoms with Gasteiger partial charge in [0.25, 0.3) is 0 Å². The van der Waals surface area contributed by atoms with E-state index in [0.29, 0.717) is 12.1 Å². The molecule has 0 bridgehead atoms. The van der Waals surface area contributed by atoms with E-state index < -0.39 is 0 Å². The molecule has 2 rings (SSSR count). The van der Waals surface area contributed by atoms with Crippen LogP contribution in [0.15, 0.2) is 0 Å². The summed E-state index contributed by atoms with van der Waals surface area (Å²) in [5.74, 6) is 0. The summed E-state index contributed by atoms with van der Waals surface area (Å²) in [6, 6.07) is 1.12. The lowest BCUT2D eigenvalue weighted by Crippen LogP contribution is -2.41. The maximum atomic E-state index is 9.59. The third kappa shape index (κ3) is 1.80. The first-order chi connectivity index (χ1) is 5.86. The van der Waals surface area contributed by atoms with Gasteiger partial charge < -0.3 is 10.4 Å². The van der Waals surface area contributed by atoms with E-state index in [1.54, 1.807) is 0 Å². The molecule has 0 aromatic carbocycles. The van der Waals surface area contributed by atoms with E-state index in [1.165, 1.54) is 38.5 Å². The maximum Gasteiger partial charge on any atom is 0.0693 e. The summed E-state index contributed by atoms with van der Waals surface area (Å²) in [5, 5.41) is 13.2. The van der Waals surface area contributed by atoms with Gasteiger partial charge >= 0.3 is 0 Å². The van der Waals surface area contributed by atoms with Crippen LogP contribution in [0.1, 0.15) is 44.9 Å². The Labute approximate surface area is 74.4 Å². The first kappa shape index (κ1) is 8.52. The molecule has 2 N–H and O–H groups in total. The topological polar surface area (TPSA) is 32.3 Å². The molecule has 2 heteroatoms. The van der Waals surface area contributed by atoms with Crippen LogP contribution in [0, 0.1) is 0 Å². The molecular weight excluding hydrogens is 150 g/mol. The quantitative estimate of drug-likeness (QED) is 0.655. The second kappa shape index (κ2) is 3.75. The molecule has 2 nitrogen and oxygen atoms in total. The Morgan fingerprint density at radius 1 is 0.917 bits per heavy atom. The third-order valence-electron chi connectivity index (χ3n) is 3.28. The van der Waals surface area contributed by atoms with Crippen molar-refractivity contribution in [1.82, 2.24) is 5.32 Å². The van der Waals surface area contributed by atoms with Crippen LogP contribution < -0.4 is 5.32 Å². The van der Waals surface area contributed by atoms with Crippen molar-refractivity contribution in [3.8, 4) is 0 Å². The van der Waals surface area contributed by atoms with Gasteiger partial charge in [-0.3, -0.25) is 0 Å². The van der Waals surface area contributed by atoms with Gasteiger partial charge in [0.2, 0.25) is 0 Å². The van der Waals surface area contributed by atoms with Crippen LogP contribution in [-0.4, -0.2) is 23.3 Å². The second-order valence-corrected chi connectivity index (χ2v) is 4.25. The zero-order valence-corrected chi connectivity index (χ0v) is 7.63. The van der Waals surface area contributed by atoms with Gasteiger partial charge in [-0.25, -0.2) is 0 Å². The summed E-state index contributed by atoms with van der Waals surface area (Å²) in [4.78, 5) is 0. The molecule has 0 aromatic rings. The van der Waals surface area contributed by atoms with Crippen molar-refractivity contribution in [2.24, 2.45) is 0 Å². The molecule has 0 spiro atoms. The Balaban J connectivity index is 1.77. The van der Waals surface area contributed by atoms with E-state index in [9.17, 15) is 5.11 Å². The Morgan fingerprint density at radius 3 is 2.25 bits per heavy atom. The third-order valence-corrected chi connectivity index (χ3v) is 3.28. The minimum Gasteiger partial charge on any atom is -0.392 e. The lowest BCUT2D eigenvalue weighted by Gasteiger charge is -2.21. The highest BCUT2D eigenvalue weighted by atomic mass is 16.3. The van der Waals surface area contributed by atoms with Crippen LogP contribution in [-0.2, 0) is 0 Å². The van der Waals surface area contributed by atoms with Crippen LogP contribution in [0.4, 0.5) is 0 Å². The van der Waals surface area contributed by atoms with Crippen LogP contribution in [0.5, 0.6) is 0 Å². The number of nitrogens with one attached hydrogen (secondary N) is 1. The average Bonchev–Trinajstić information content (AvgIpc) is 2.65. The molecule has 2 atom stereocenters. The zero-order chi connectivity index (χ0) is 8.39. The molecule has 70 valence electrons. The predicted octanol–water partition coefficient (Wildman–Crippen LogP) is 1.43. The SMILES string of the molecule is O[C@H]1CCC[C@@H]1NC1CCCC1. The van der Waals surface area contributed by atoms with E-state index in [1.807, 2.05) is 0 Å². The molecular formula is C10H19NO. The van der Waals surface area contributed by atoms with Gasteiger partial charge in [0.05, 0.1) is 6.10 Å². The minimum atomic E-state index is -0.0643. The normalized spacial score (nSPS) is 37.8. The predicted molar refractivity (Wildman–Crippen MR) is 49.0 cm³/mol. The molecule has 0 saturated heterocycles. The van der Waals surface area contributed by atoms with Gasteiger partial charge in [-0.05, 0) is 32.1 Å². The largest absolute Gasteiger partial charge is 0.392 e. The van der Waals surface area contributed by atoms with Gasteiger partial charge in [0, 0.05) is 12.1 Å². The van der Waals surface area contributed by atoms with E-state index in [2.05, 4.69) is 5.32 Å². The lowest BCUT2D eigenvalue weighted by molar-refractivity contribution is 0.143. The van der Waals surface area contributed by atoms with Crippen LogP contribution >= 0.6 is 0 Å². The number of rotatable bonds is 2. The van der Waals surface area contributed by atoms with Crippen LogP contribution in [0.2, 0.25) is 0 Å². The molecule has 2 aliphatic carbocycles. The zero-order valence-electron chi connectivity index (χ0n) is 7.63. The Bertz CT molecular complexity index is 143. The van der Waals surface area contributed by atoms with Crippen molar-refractivity contribution in [3.63, 3.8) is 0 Å². The van der Waals surface area contributed by atoms with E-state index in [0.717, 1.165) is 6.42 Å². The van der Waals surface area contributed by atoms with E-state index in [-0.39, 0.29) is 6.10 Å². The molecule has 12 heavy (non-hydrogen) atoms. The fourth-order valence-electron chi connectivity index (χ4n) is 2.53. The summed E-state index contributed by atoms with van der Waals surface area (Å²) >= 11 is 0. The number of hydrogen-bond acceptors (Lipinski definition) is 2. The summed E-state index contributed by atoms with van der Waals surface area (Å²) in [6.07, 6.45) is 8.71. The molecule has 0 heterocycles. The molecule has 0 amide bonds. The number of aliphatic hydroxyl groups excluding tert-OH is 1. The Morgan fingerprint density at radius 2 is 1.67 bits per heavy atom. The first-order valence-electron chi connectivity index (χ1n) is 5.30. The fraction of sp³-hybridized carbons (Fsp3) is 1.00. The van der Waals surface area contributed by atoms with Crippen molar-refractivity contribution < 1.29 is 5.11 Å².